The summed E-state index contributed by atoms with van der Waals surface area (Å²) in [5.74, 6) is -4.35. The van der Waals surface area contributed by atoms with Crippen molar-refractivity contribution in [3.8, 4) is 17.3 Å². The van der Waals surface area contributed by atoms with Crippen molar-refractivity contribution in [2.75, 3.05) is 13.1 Å². The number of allylic oxidation sites excluding steroid dienone is 3. The van der Waals surface area contributed by atoms with E-state index in [4.69, 9.17) is 0 Å². The molecule has 0 radical (unpaired) electrons. The highest BCUT2D eigenvalue weighted by Crippen LogP contribution is 2.36. The van der Waals surface area contributed by atoms with E-state index in [1.807, 2.05) is 13.0 Å². The van der Waals surface area contributed by atoms with Crippen LogP contribution in [0.1, 0.15) is 56.5 Å². The summed E-state index contributed by atoms with van der Waals surface area (Å²) < 4.78 is 69.4. The summed E-state index contributed by atoms with van der Waals surface area (Å²) in [7, 11) is 0. The molecule has 1 N–H and O–H groups in total. The molecule has 2 aromatic rings. The molecule has 0 saturated carbocycles. The van der Waals surface area contributed by atoms with E-state index in [0.717, 1.165) is 17.2 Å². The molecule has 41 heavy (non-hydrogen) atoms. The maximum Gasteiger partial charge on any atom is 0.417 e. The zero-order valence-electron chi connectivity index (χ0n) is 23.3. The fourth-order valence-electron chi connectivity index (χ4n) is 4.69. The van der Waals surface area contributed by atoms with Crippen LogP contribution < -0.4 is 5.32 Å². The second-order valence-electron chi connectivity index (χ2n) is 9.99. The lowest BCUT2D eigenvalue weighted by Gasteiger charge is -2.44. The third-order valence-electron chi connectivity index (χ3n) is 7.04. The molecule has 3 rings (SSSR count). The standard InChI is InChI=1S/C30H32F5N5O/c1-5-19(3)27(38-16-22(6-2)30(33,34)35)39-17-26-20(4)14-29(31,32)18-40(26)28(41)24-13-21(15-36)10-11-23(24)25-9-7-8-12-37-25/h6-13,16,20,26,39H,5,14,17-18H2,1-4H3/b22-6+,27-19+,38-16-. The zero-order valence-corrected chi connectivity index (χ0v) is 23.3. The van der Waals surface area contributed by atoms with Crippen molar-refractivity contribution in [1.82, 2.24) is 15.2 Å². The summed E-state index contributed by atoms with van der Waals surface area (Å²) in [6, 6.07) is 10.8. The number of rotatable bonds is 8. The van der Waals surface area contributed by atoms with Gasteiger partial charge in [-0.1, -0.05) is 32.1 Å². The van der Waals surface area contributed by atoms with Crippen molar-refractivity contribution in [2.45, 2.75) is 58.7 Å². The SMILES string of the molecule is C\C=C(/C=N\C(NCC1C(C)CC(F)(F)CN1C(=O)c1cc(C#N)ccc1-c1ccccn1)=C(\C)CC)C(F)(F)F. The van der Waals surface area contributed by atoms with Gasteiger partial charge in [0, 0.05) is 30.9 Å². The highest BCUT2D eigenvalue weighted by molar-refractivity contribution is 6.01. The van der Waals surface area contributed by atoms with Gasteiger partial charge in [0.25, 0.3) is 11.8 Å². The lowest BCUT2D eigenvalue weighted by atomic mass is 9.87. The van der Waals surface area contributed by atoms with Gasteiger partial charge >= 0.3 is 6.18 Å². The van der Waals surface area contributed by atoms with Crippen LogP contribution in [0.4, 0.5) is 22.0 Å². The molecule has 0 aliphatic carbocycles. The minimum absolute atomic E-state index is 0.0267. The molecule has 6 nitrogen and oxygen atoms in total. The van der Waals surface area contributed by atoms with Crippen molar-refractivity contribution < 1.29 is 26.7 Å². The first kappa shape index (κ1) is 31.5. The molecule has 2 atom stereocenters. The molecule has 11 heteroatoms. The van der Waals surface area contributed by atoms with Crippen LogP contribution in [0.5, 0.6) is 0 Å². The molecule has 1 fully saturated rings. The third-order valence-corrected chi connectivity index (χ3v) is 7.04. The number of aromatic nitrogens is 1. The number of nitriles is 1. The quantitative estimate of drug-likeness (QED) is 0.275. The number of alkyl halides is 5. The number of nitrogens with zero attached hydrogens (tertiary/aromatic N) is 4. The van der Waals surface area contributed by atoms with E-state index < -0.39 is 48.5 Å². The fourth-order valence-corrected chi connectivity index (χ4v) is 4.69. The summed E-state index contributed by atoms with van der Waals surface area (Å²) in [6.07, 6.45) is -1.42. The van der Waals surface area contributed by atoms with Crippen LogP contribution in [0.3, 0.4) is 0 Å². The molecule has 1 amide bonds. The lowest BCUT2D eigenvalue weighted by Crippen LogP contribution is -2.58. The molecule has 0 spiro atoms. The molecule has 1 aromatic carbocycles. The van der Waals surface area contributed by atoms with Crippen LogP contribution in [0.15, 0.2) is 70.6 Å². The topological polar surface area (TPSA) is 81.4 Å². The average molecular weight is 574 g/mol. The summed E-state index contributed by atoms with van der Waals surface area (Å²) in [4.78, 5) is 23.4. The van der Waals surface area contributed by atoms with Crippen LogP contribution in [-0.4, -0.2) is 53.2 Å². The van der Waals surface area contributed by atoms with Gasteiger partial charge in [0.15, 0.2) is 0 Å². The number of piperidine rings is 1. The van der Waals surface area contributed by atoms with E-state index in [1.165, 1.54) is 25.3 Å². The van der Waals surface area contributed by atoms with Crippen molar-refractivity contribution in [1.29, 1.82) is 5.26 Å². The van der Waals surface area contributed by atoms with E-state index in [0.29, 0.717) is 23.3 Å². The van der Waals surface area contributed by atoms with E-state index in [-0.39, 0.29) is 23.5 Å². The summed E-state index contributed by atoms with van der Waals surface area (Å²) in [6.45, 7) is 5.50. The second-order valence-corrected chi connectivity index (χ2v) is 9.99. The number of amides is 1. The Morgan fingerprint density at radius 3 is 2.61 bits per heavy atom. The molecule has 218 valence electrons. The van der Waals surface area contributed by atoms with Crippen molar-refractivity contribution in [3.63, 3.8) is 0 Å². The lowest BCUT2D eigenvalue weighted by molar-refractivity contribution is -0.0912. The Morgan fingerprint density at radius 1 is 1.29 bits per heavy atom. The van der Waals surface area contributed by atoms with E-state index in [9.17, 15) is 32.0 Å². The Bertz CT molecular complexity index is 1380. The van der Waals surface area contributed by atoms with Crippen LogP contribution >= 0.6 is 0 Å². The number of benzene rings is 1. The molecular formula is C30H32F5N5O. The van der Waals surface area contributed by atoms with E-state index in [1.54, 1.807) is 38.1 Å². The largest absolute Gasteiger partial charge is 0.417 e. The minimum atomic E-state index is -4.58. The average Bonchev–Trinajstić information content (AvgIpc) is 2.93. The fraction of sp³-hybridized carbons (Fsp3) is 0.400. The Hall–Kier alpha value is -4.07. The highest BCUT2D eigenvalue weighted by Gasteiger charge is 2.46. The van der Waals surface area contributed by atoms with Crippen LogP contribution in [0.25, 0.3) is 11.3 Å². The van der Waals surface area contributed by atoms with Gasteiger partial charge in [0.05, 0.1) is 41.0 Å². The van der Waals surface area contributed by atoms with E-state index in [2.05, 4.69) is 15.3 Å². The molecule has 1 saturated heterocycles. The van der Waals surface area contributed by atoms with Crippen LogP contribution in [0, 0.1) is 17.2 Å². The van der Waals surface area contributed by atoms with Gasteiger partial charge in [-0.05, 0) is 56.0 Å². The zero-order chi connectivity index (χ0) is 30.4. The normalized spacial score (nSPS) is 20.0. The van der Waals surface area contributed by atoms with Crippen molar-refractivity contribution >= 4 is 12.1 Å². The number of likely N-dealkylation sites (tertiary alicyclic amines) is 1. The number of hydrogen-bond donors (Lipinski definition) is 1. The van der Waals surface area contributed by atoms with Crippen molar-refractivity contribution in [2.24, 2.45) is 10.9 Å². The predicted octanol–water partition coefficient (Wildman–Crippen LogP) is 6.92. The Morgan fingerprint density at radius 2 is 2.02 bits per heavy atom. The van der Waals surface area contributed by atoms with Gasteiger partial charge in [-0.25, -0.2) is 13.8 Å². The molecule has 2 heterocycles. The van der Waals surface area contributed by atoms with Crippen molar-refractivity contribution in [3.05, 3.63) is 76.8 Å². The monoisotopic (exact) mass is 573 g/mol. The number of aliphatic imine (C=N–C) groups is 1. The summed E-state index contributed by atoms with van der Waals surface area (Å²) >= 11 is 0. The summed E-state index contributed by atoms with van der Waals surface area (Å²) in [5, 5.41) is 12.5. The first-order valence-corrected chi connectivity index (χ1v) is 13.2. The van der Waals surface area contributed by atoms with E-state index >= 15 is 0 Å². The first-order valence-electron chi connectivity index (χ1n) is 13.2. The molecule has 1 aliphatic rings. The maximum atomic E-state index is 14.8. The Balaban J connectivity index is 1.99. The predicted molar refractivity (Wildman–Crippen MR) is 147 cm³/mol. The highest BCUT2D eigenvalue weighted by atomic mass is 19.4. The number of carbonyl (C=O) groups excluding carboxylic acids is 1. The van der Waals surface area contributed by atoms with Gasteiger partial charge in [-0.2, -0.15) is 18.4 Å². The number of carbonyl (C=O) groups is 1. The Labute approximate surface area is 236 Å². The van der Waals surface area contributed by atoms with Gasteiger partial charge in [0.2, 0.25) is 0 Å². The van der Waals surface area contributed by atoms with Gasteiger partial charge in [-0.3, -0.25) is 9.78 Å². The number of nitrogens with one attached hydrogen (secondary N) is 1. The van der Waals surface area contributed by atoms with Gasteiger partial charge < -0.3 is 10.2 Å². The maximum absolute atomic E-state index is 14.8. The van der Waals surface area contributed by atoms with Gasteiger partial charge in [0.1, 0.15) is 5.82 Å². The smallest absolute Gasteiger partial charge is 0.368 e. The Kier molecular flexibility index (Phi) is 10.0. The molecular weight excluding hydrogens is 541 g/mol. The number of hydrogen-bond acceptors (Lipinski definition) is 5. The van der Waals surface area contributed by atoms with Gasteiger partial charge in [-0.15, -0.1) is 0 Å². The molecule has 2 unspecified atom stereocenters. The molecule has 0 bridgehead atoms. The van der Waals surface area contributed by atoms with Crippen LogP contribution in [-0.2, 0) is 0 Å². The molecule has 1 aliphatic heterocycles. The first-order chi connectivity index (χ1) is 19.3. The second kappa shape index (κ2) is 13.1. The number of pyridine rings is 1. The molecule has 1 aromatic heterocycles. The van der Waals surface area contributed by atoms with Crippen LogP contribution in [0.2, 0.25) is 0 Å². The third kappa shape index (κ3) is 7.78. The summed E-state index contributed by atoms with van der Waals surface area (Å²) in [5.41, 5.74) is 0.795. The number of halogens is 5. The minimum Gasteiger partial charge on any atom is -0.368 e.